The second-order valence-electron chi connectivity index (χ2n) is 5.04. The van der Waals surface area contributed by atoms with Crippen molar-refractivity contribution in [2.75, 3.05) is 6.61 Å². The zero-order chi connectivity index (χ0) is 12.4. The first kappa shape index (κ1) is 12.6. The summed E-state index contributed by atoms with van der Waals surface area (Å²) in [5.74, 6) is 0. The molecule has 2 unspecified atom stereocenters. The zero-order valence-electron chi connectivity index (χ0n) is 11.1. The van der Waals surface area contributed by atoms with Crippen LogP contribution in [0, 0.1) is 13.8 Å². The average Bonchev–Trinajstić information content (AvgIpc) is 2.55. The Kier molecular flexibility index (Phi) is 3.84. The molecule has 0 radical (unpaired) electrons. The van der Waals surface area contributed by atoms with Crippen LogP contribution in [0.5, 0.6) is 0 Å². The van der Waals surface area contributed by atoms with E-state index in [1.165, 1.54) is 24.1 Å². The molecule has 2 heterocycles. The average molecular weight is 237 g/mol. The summed E-state index contributed by atoms with van der Waals surface area (Å²) in [6.07, 6.45) is 3.93. The van der Waals surface area contributed by atoms with Crippen molar-refractivity contribution in [1.29, 1.82) is 0 Å². The first-order valence-electron chi connectivity index (χ1n) is 6.50. The van der Waals surface area contributed by atoms with Gasteiger partial charge >= 0.3 is 0 Å². The highest BCUT2D eigenvalue weighted by Gasteiger charge is 2.19. The minimum absolute atomic E-state index is 0.0519. The molecule has 1 aromatic rings. The van der Waals surface area contributed by atoms with Crippen LogP contribution in [-0.4, -0.2) is 22.5 Å². The van der Waals surface area contributed by atoms with Crippen molar-refractivity contribution >= 4 is 0 Å². The SMILES string of the molecule is Cc1nn(CC2CCCCO2)c(C)c1C(C)N. The molecule has 0 aliphatic carbocycles. The first-order chi connectivity index (χ1) is 8.09. The van der Waals surface area contributed by atoms with Crippen LogP contribution < -0.4 is 5.73 Å². The van der Waals surface area contributed by atoms with Crippen LogP contribution >= 0.6 is 0 Å². The summed E-state index contributed by atoms with van der Waals surface area (Å²) in [4.78, 5) is 0. The molecule has 0 bridgehead atoms. The highest BCUT2D eigenvalue weighted by atomic mass is 16.5. The molecule has 1 aliphatic rings. The highest BCUT2D eigenvalue weighted by Crippen LogP contribution is 2.21. The van der Waals surface area contributed by atoms with E-state index in [1.54, 1.807) is 0 Å². The van der Waals surface area contributed by atoms with Crippen LogP contribution in [0.2, 0.25) is 0 Å². The highest BCUT2D eigenvalue weighted by molar-refractivity contribution is 5.27. The number of nitrogens with two attached hydrogens (primary N) is 1. The molecule has 2 N–H and O–H groups in total. The van der Waals surface area contributed by atoms with Crippen molar-refractivity contribution in [3.63, 3.8) is 0 Å². The van der Waals surface area contributed by atoms with E-state index in [9.17, 15) is 0 Å². The predicted octanol–water partition coefficient (Wildman–Crippen LogP) is 2.09. The quantitative estimate of drug-likeness (QED) is 0.875. The molecule has 1 aliphatic heterocycles. The minimum Gasteiger partial charge on any atom is -0.376 e. The van der Waals surface area contributed by atoms with Gasteiger partial charge < -0.3 is 10.5 Å². The van der Waals surface area contributed by atoms with Crippen molar-refractivity contribution in [3.05, 3.63) is 17.0 Å². The Balaban J connectivity index is 2.13. The second kappa shape index (κ2) is 5.19. The molecule has 96 valence electrons. The molecule has 2 rings (SSSR count). The molecular weight excluding hydrogens is 214 g/mol. The number of aryl methyl sites for hydroxylation is 1. The lowest BCUT2D eigenvalue weighted by Gasteiger charge is -2.23. The summed E-state index contributed by atoms with van der Waals surface area (Å²) in [5.41, 5.74) is 9.39. The predicted molar refractivity (Wildman–Crippen MR) is 67.9 cm³/mol. The number of ether oxygens (including phenoxy) is 1. The van der Waals surface area contributed by atoms with Crippen molar-refractivity contribution in [3.8, 4) is 0 Å². The van der Waals surface area contributed by atoms with Crippen molar-refractivity contribution in [2.45, 2.75) is 58.7 Å². The molecule has 0 amide bonds. The maximum atomic E-state index is 5.98. The summed E-state index contributed by atoms with van der Waals surface area (Å²) in [7, 11) is 0. The Labute approximate surface area is 103 Å². The van der Waals surface area contributed by atoms with Crippen LogP contribution in [0.4, 0.5) is 0 Å². The summed E-state index contributed by atoms with van der Waals surface area (Å²) in [6.45, 7) is 7.90. The largest absolute Gasteiger partial charge is 0.376 e. The van der Waals surface area contributed by atoms with E-state index in [4.69, 9.17) is 10.5 Å². The molecule has 1 aromatic heterocycles. The molecule has 0 aromatic carbocycles. The Hall–Kier alpha value is -0.870. The van der Waals surface area contributed by atoms with E-state index >= 15 is 0 Å². The minimum atomic E-state index is 0.0519. The number of aromatic nitrogens is 2. The van der Waals surface area contributed by atoms with E-state index in [0.717, 1.165) is 25.3 Å². The molecule has 4 nitrogen and oxygen atoms in total. The second-order valence-corrected chi connectivity index (χ2v) is 5.04. The number of hydrogen-bond acceptors (Lipinski definition) is 3. The van der Waals surface area contributed by atoms with Gasteiger partial charge in [0.05, 0.1) is 18.3 Å². The summed E-state index contributed by atoms with van der Waals surface area (Å²) in [5, 5.41) is 4.58. The molecule has 1 fully saturated rings. The van der Waals surface area contributed by atoms with Gasteiger partial charge in [0.15, 0.2) is 0 Å². The lowest BCUT2D eigenvalue weighted by molar-refractivity contribution is 0.00360. The third-order valence-corrected chi connectivity index (χ3v) is 3.54. The molecule has 1 saturated heterocycles. The standard InChI is InChI=1S/C13H23N3O/c1-9(14)13-10(2)15-16(11(13)3)8-12-6-4-5-7-17-12/h9,12H,4-8,14H2,1-3H3. The fourth-order valence-corrected chi connectivity index (χ4v) is 2.69. The topological polar surface area (TPSA) is 53.1 Å². The van der Waals surface area contributed by atoms with Crippen molar-refractivity contribution in [2.24, 2.45) is 5.73 Å². The van der Waals surface area contributed by atoms with Crippen molar-refractivity contribution < 1.29 is 4.74 Å². The third kappa shape index (κ3) is 2.69. The van der Waals surface area contributed by atoms with Crippen LogP contribution in [-0.2, 0) is 11.3 Å². The number of rotatable bonds is 3. The number of nitrogens with zero attached hydrogens (tertiary/aromatic N) is 2. The van der Waals surface area contributed by atoms with E-state index in [0.29, 0.717) is 6.10 Å². The lowest BCUT2D eigenvalue weighted by atomic mass is 10.1. The van der Waals surface area contributed by atoms with Gasteiger partial charge in [-0.2, -0.15) is 5.10 Å². The van der Waals surface area contributed by atoms with Crippen LogP contribution in [0.3, 0.4) is 0 Å². The van der Waals surface area contributed by atoms with Gasteiger partial charge in [-0.3, -0.25) is 4.68 Å². The Morgan fingerprint density at radius 1 is 1.47 bits per heavy atom. The molecule has 0 saturated carbocycles. The monoisotopic (exact) mass is 237 g/mol. The van der Waals surface area contributed by atoms with E-state index in [-0.39, 0.29) is 6.04 Å². The smallest absolute Gasteiger partial charge is 0.0771 e. The fourth-order valence-electron chi connectivity index (χ4n) is 2.69. The Morgan fingerprint density at radius 2 is 2.24 bits per heavy atom. The summed E-state index contributed by atoms with van der Waals surface area (Å²) < 4.78 is 7.81. The van der Waals surface area contributed by atoms with E-state index in [2.05, 4.69) is 16.7 Å². The van der Waals surface area contributed by atoms with Gasteiger partial charge in [0.2, 0.25) is 0 Å². The van der Waals surface area contributed by atoms with Crippen LogP contribution in [0.1, 0.15) is 49.2 Å². The summed E-state index contributed by atoms with van der Waals surface area (Å²) in [6, 6.07) is 0.0519. The number of hydrogen-bond donors (Lipinski definition) is 1. The van der Waals surface area contributed by atoms with Gasteiger partial charge in [-0.1, -0.05) is 0 Å². The van der Waals surface area contributed by atoms with Crippen LogP contribution in [0.15, 0.2) is 0 Å². The van der Waals surface area contributed by atoms with Gasteiger partial charge in [0, 0.05) is 23.9 Å². The fraction of sp³-hybridized carbons (Fsp3) is 0.769. The zero-order valence-corrected chi connectivity index (χ0v) is 11.1. The molecule has 2 atom stereocenters. The van der Waals surface area contributed by atoms with Gasteiger partial charge in [0.1, 0.15) is 0 Å². The van der Waals surface area contributed by atoms with Gasteiger partial charge in [-0.15, -0.1) is 0 Å². The normalized spacial score (nSPS) is 22.7. The molecular formula is C13H23N3O. The third-order valence-electron chi connectivity index (χ3n) is 3.54. The van der Waals surface area contributed by atoms with Crippen LogP contribution in [0.25, 0.3) is 0 Å². The van der Waals surface area contributed by atoms with Gasteiger partial charge in [0.25, 0.3) is 0 Å². The molecule has 0 spiro atoms. The summed E-state index contributed by atoms with van der Waals surface area (Å²) >= 11 is 0. The van der Waals surface area contributed by atoms with Crippen molar-refractivity contribution in [1.82, 2.24) is 9.78 Å². The maximum Gasteiger partial charge on any atom is 0.0771 e. The van der Waals surface area contributed by atoms with E-state index in [1.807, 2.05) is 13.8 Å². The molecule has 4 heteroatoms. The Morgan fingerprint density at radius 3 is 2.76 bits per heavy atom. The first-order valence-corrected chi connectivity index (χ1v) is 6.50. The lowest BCUT2D eigenvalue weighted by Crippen LogP contribution is -2.25. The maximum absolute atomic E-state index is 5.98. The van der Waals surface area contributed by atoms with E-state index < -0.39 is 0 Å². The molecule has 17 heavy (non-hydrogen) atoms. The van der Waals surface area contributed by atoms with Gasteiger partial charge in [-0.05, 0) is 40.0 Å². The van der Waals surface area contributed by atoms with Gasteiger partial charge in [-0.25, -0.2) is 0 Å². The Bertz CT molecular complexity index is 378.